The van der Waals surface area contributed by atoms with Gasteiger partial charge in [-0.05, 0) is 41.8 Å². The van der Waals surface area contributed by atoms with Crippen LogP contribution < -0.4 is 0 Å². The Morgan fingerprint density at radius 2 is 1.68 bits per heavy atom. The van der Waals surface area contributed by atoms with E-state index in [1.807, 2.05) is 42.5 Å². The van der Waals surface area contributed by atoms with Gasteiger partial charge < -0.3 is 0 Å². The minimum absolute atomic E-state index is 0.206. The quantitative estimate of drug-likeness (QED) is 0.583. The third kappa shape index (κ3) is 4.03. The first-order valence-electron chi connectivity index (χ1n) is 5.85. The summed E-state index contributed by atoms with van der Waals surface area (Å²) in [5, 5.41) is 1.86. The highest BCUT2D eigenvalue weighted by Crippen LogP contribution is 2.28. The van der Waals surface area contributed by atoms with E-state index in [4.69, 9.17) is 46.4 Å². The van der Waals surface area contributed by atoms with Crippen molar-refractivity contribution >= 4 is 46.4 Å². The normalized spacial score (nSPS) is 12.4. The molecule has 0 nitrogen and oxygen atoms in total. The Labute approximate surface area is 133 Å². The van der Waals surface area contributed by atoms with Gasteiger partial charge in [-0.1, -0.05) is 53.0 Å². The zero-order valence-corrected chi connectivity index (χ0v) is 13.1. The Morgan fingerprint density at radius 3 is 2.32 bits per heavy atom. The molecular weight excluding hydrogens is 322 g/mol. The molecule has 2 rings (SSSR count). The van der Waals surface area contributed by atoms with Crippen LogP contribution in [0.25, 0.3) is 0 Å². The van der Waals surface area contributed by atoms with Crippen molar-refractivity contribution in [2.24, 2.45) is 0 Å². The van der Waals surface area contributed by atoms with Gasteiger partial charge in [0.15, 0.2) is 0 Å². The zero-order valence-electron chi connectivity index (χ0n) is 10.0. The lowest BCUT2D eigenvalue weighted by Crippen LogP contribution is -2.04. The van der Waals surface area contributed by atoms with Gasteiger partial charge in [-0.2, -0.15) is 0 Å². The molecule has 0 spiro atoms. The molecule has 19 heavy (non-hydrogen) atoms. The lowest BCUT2D eigenvalue weighted by atomic mass is 9.93. The van der Waals surface area contributed by atoms with Crippen LogP contribution in [0.1, 0.15) is 17.0 Å². The summed E-state index contributed by atoms with van der Waals surface area (Å²) in [6.07, 6.45) is 0.806. The summed E-state index contributed by atoms with van der Waals surface area (Å²) in [6, 6.07) is 13.4. The zero-order chi connectivity index (χ0) is 13.8. The molecule has 1 atom stereocenters. The highest BCUT2D eigenvalue weighted by atomic mass is 35.5. The highest BCUT2D eigenvalue weighted by Gasteiger charge is 2.12. The third-order valence-electron chi connectivity index (χ3n) is 2.97. The molecule has 2 aromatic rings. The predicted molar refractivity (Wildman–Crippen MR) is 85.1 cm³/mol. The fraction of sp³-hybridized carbons (Fsp3) is 0.200. The van der Waals surface area contributed by atoms with Crippen LogP contribution in [0, 0.1) is 0 Å². The van der Waals surface area contributed by atoms with Crippen molar-refractivity contribution in [1.82, 2.24) is 0 Å². The SMILES string of the molecule is ClCC(Cc1ccc(Cl)c(Cl)c1)c1cccc(Cl)c1. The fourth-order valence-electron chi connectivity index (χ4n) is 1.97. The number of rotatable bonds is 4. The molecular formula is C15H12Cl4. The average Bonchev–Trinajstić information content (AvgIpc) is 2.40. The lowest BCUT2D eigenvalue weighted by Gasteiger charge is -2.15. The van der Waals surface area contributed by atoms with E-state index >= 15 is 0 Å². The van der Waals surface area contributed by atoms with Crippen LogP contribution in [0.4, 0.5) is 0 Å². The Balaban J connectivity index is 2.21. The lowest BCUT2D eigenvalue weighted by molar-refractivity contribution is 0.766. The molecule has 4 heteroatoms. The van der Waals surface area contributed by atoms with Crippen molar-refractivity contribution in [1.29, 1.82) is 0 Å². The standard InChI is InChI=1S/C15H12Cl4/c16-9-12(11-2-1-3-13(17)8-11)6-10-4-5-14(18)15(19)7-10/h1-5,7-8,12H,6,9H2. The van der Waals surface area contributed by atoms with Gasteiger partial charge in [0.25, 0.3) is 0 Å². The van der Waals surface area contributed by atoms with Gasteiger partial charge in [0.2, 0.25) is 0 Å². The fourth-order valence-corrected chi connectivity index (χ4v) is 2.78. The van der Waals surface area contributed by atoms with Gasteiger partial charge in [-0.25, -0.2) is 0 Å². The highest BCUT2D eigenvalue weighted by molar-refractivity contribution is 6.42. The Morgan fingerprint density at radius 1 is 0.895 bits per heavy atom. The van der Waals surface area contributed by atoms with Gasteiger partial charge in [-0.3, -0.25) is 0 Å². The van der Waals surface area contributed by atoms with E-state index in [1.165, 1.54) is 0 Å². The number of hydrogen-bond acceptors (Lipinski definition) is 0. The maximum atomic E-state index is 6.07. The van der Waals surface area contributed by atoms with Crippen molar-refractivity contribution in [3.63, 3.8) is 0 Å². The monoisotopic (exact) mass is 332 g/mol. The van der Waals surface area contributed by atoms with Crippen LogP contribution in [-0.4, -0.2) is 5.88 Å². The molecule has 0 N–H and O–H groups in total. The third-order valence-corrected chi connectivity index (χ3v) is 4.32. The van der Waals surface area contributed by atoms with Gasteiger partial charge in [0.1, 0.15) is 0 Å². The van der Waals surface area contributed by atoms with E-state index in [1.54, 1.807) is 0 Å². The molecule has 0 aromatic heterocycles. The predicted octanol–water partition coefficient (Wildman–Crippen LogP) is 6.21. The van der Waals surface area contributed by atoms with Gasteiger partial charge >= 0.3 is 0 Å². The molecule has 0 fully saturated rings. The van der Waals surface area contributed by atoms with Crippen LogP contribution in [0.2, 0.25) is 15.1 Å². The van der Waals surface area contributed by atoms with E-state index in [2.05, 4.69) is 0 Å². The molecule has 1 unspecified atom stereocenters. The number of halogens is 4. The van der Waals surface area contributed by atoms with Crippen molar-refractivity contribution < 1.29 is 0 Å². The van der Waals surface area contributed by atoms with Gasteiger partial charge in [0, 0.05) is 16.8 Å². The Kier molecular flexibility index (Phi) is 5.41. The largest absolute Gasteiger partial charge is 0.126 e. The van der Waals surface area contributed by atoms with Gasteiger partial charge in [0.05, 0.1) is 10.0 Å². The minimum atomic E-state index is 0.206. The number of hydrogen-bond donors (Lipinski definition) is 0. The molecule has 0 radical (unpaired) electrons. The molecule has 0 amide bonds. The van der Waals surface area contributed by atoms with Gasteiger partial charge in [-0.15, -0.1) is 11.6 Å². The molecule has 2 aromatic carbocycles. The number of benzene rings is 2. The van der Waals surface area contributed by atoms with Crippen molar-refractivity contribution in [3.8, 4) is 0 Å². The molecule has 0 aliphatic heterocycles. The maximum Gasteiger partial charge on any atom is 0.0595 e. The van der Waals surface area contributed by atoms with Crippen LogP contribution in [-0.2, 0) is 6.42 Å². The van der Waals surface area contributed by atoms with Crippen LogP contribution in [0.15, 0.2) is 42.5 Å². The van der Waals surface area contributed by atoms with E-state index < -0.39 is 0 Å². The molecule has 100 valence electrons. The van der Waals surface area contributed by atoms with E-state index in [9.17, 15) is 0 Å². The smallest absolute Gasteiger partial charge is 0.0595 e. The number of alkyl halides is 1. The average molecular weight is 334 g/mol. The molecule has 0 saturated heterocycles. The van der Waals surface area contributed by atoms with E-state index in [0.29, 0.717) is 15.9 Å². The van der Waals surface area contributed by atoms with Crippen LogP contribution in [0.3, 0.4) is 0 Å². The topological polar surface area (TPSA) is 0 Å². The summed E-state index contributed by atoms with van der Waals surface area (Å²) in [6.45, 7) is 0. The first-order valence-corrected chi connectivity index (χ1v) is 7.52. The second-order valence-electron chi connectivity index (χ2n) is 4.36. The summed E-state index contributed by atoms with van der Waals surface area (Å²) in [5.74, 6) is 0.734. The summed E-state index contributed by atoms with van der Waals surface area (Å²) >= 11 is 24.0. The maximum absolute atomic E-state index is 6.07. The first kappa shape index (κ1) is 15.0. The summed E-state index contributed by atoms with van der Waals surface area (Å²) in [5.41, 5.74) is 2.24. The van der Waals surface area contributed by atoms with E-state index in [0.717, 1.165) is 22.6 Å². The second-order valence-corrected chi connectivity index (χ2v) is 5.92. The first-order chi connectivity index (χ1) is 9.10. The summed E-state index contributed by atoms with van der Waals surface area (Å²) < 4.78 is 0. The molecule has 0 heterocycles. The minimum Gasteiger partial charge on any atom is -0.126 e. The molecule has 0 saturated carbocycles. The Bertz CT molecular complexity index is 566. The van der Waals surface area contributed by atoms with Crippen molar-refractivity contribution in [2.75, 3.05) is 5.88 Å². The summed E-state index contributed by atoms with van der Waals surface area (Å²) in [7, 11) is 0. The summed E-state index contributed by atoms with van der Waals surface area (Å²) in [4.78, 5) is 0. The van der Waals surface area contributed by atoms with Crippen molar-refractivity contribution in [3.05, 3.63) is 68.7 Å². The van der Waals surface area contributed by atoms with Crippen molar-refractivity contribution in [2.45, 2.75) is 12.3 Å². The Hall–Kier alpha value is -0.400. The van der Waals surface area contributed by atoms with E-state index in [-0.39, 0.29) is 5.92 Å². The van der Waals surface area contributed by atoms with Crippen LogP contribution in [0.5, 0.6) is 0 Å². The second kappa shape index (κ2) is 6.85. The molecule has 0 aliphatic rings. The molecule has 0 aliphatic carbocycles. The molecule has 0 bridgehead atoms. The van der Waals surface area contributed by atoms with Crippen LogP contribution >= 0.6 is 46.4 Å².